The van der Waals surface area contributed by atoms with Gasteiger partial charge in [-0.25, -0.2) is 0 Å². The van der Waals surface area contributed by atoms with E-state index in [-0.39, 0.29) is 25.0 Å². The molecule has 1 aromatic carbocycles. The molecule has 0 fully saturated rings. The summed E-state index contributed by atoms with van der Waals surface area (Å²) in [6.07, 6.45) is 3.48. The molecule has 1 amide bonds. The quantitative estimate of drug-likeness (QED) is 0.206. The number of esters is 1. The average molecular weight is 368 g/mol. The molecule has 0 aliphatic heterocycles. The molecule has 0 aromatic heterocycles. The highest BCUT2D eigenvalue weighted by Crippen LogP contribution is 2.33. The maximum atomic E-state index is 11.1. The Bertz CT molecular complexity index is 579. The van der Waals surface area contributed by atoms with E-state index in [9.17, 15) is 9.59 Å². The number of anilines is 1. The number of hydrogen-bond acceptors (Lipinski definition) is 7. The molecule has 1 atom stereocenters. The smallest absolute Gasteiger partial charge is 0.305 e. The van der Waals surface area contributed by atoms with Crippen molar-refractivity contribution in [1.29, 1.82) is 0 Å². The van der Waals surface area contributed by atoms with Crippen LogP contribution in [0.1, 0.15) is 31.2 Å². The van der Waals surface area contributed by atoms with E-state index in [1.807, 2.05) is 6.07 Å². The van der Waals surface area contributed by atoms with Crippen molar-refractivity contribution in [1.82, 2.24) is 5.32 Å². The van der Waals surface area contributed by atoms with Crippen LogP contribution in [0.3, 0.4) is 0 Å². The third-order valence-corrected chi connectivity index (χ3v) is 3.96. The maximum Gasteiger partial charge on any atom is 0.305 e. The van der Waals surface area contributed by atoms with Crippen LogP contribution in [0.5, 0.6) is 11.5 Å². The summed E-state index contributed by atoms with van der Waals surface area (Å²) in [5.74, 6) is 0.812. The Morgan fingerprint density at radius 2 is 2.08 bits per heavy atom. The van der Waals surface area contributed by atoms with Crippen molar-refractivity contribution in [2.24, 2.45) is 0 Å². The molecule has 26 heavy (non-hydrogen) atoms. The van der Waals surface area contributed by atoms with Crippen LogP contribution in [0.2, 0.25) is 0 Å². The molecular weight excluding hydrogens is 340 g/mol. The lowest BCUT2D eigenvalue weighted by Crippen LogP contribution is -2.31. The molecule has 0 aliphatic rings. The molecule has 0 saturated heterocycles. The highest BCUT2D eigenvalue weighted by atomic mass is 16.5. The normalized spacial score (nSPS) is 11.5. The molecule has 1 rings (SSSR count). The van der Waals surface area contributed by atoms with Gasteiger partial charge in [0.15, 0.2) is 11.5 Å². The number of rotatable bonds is 13. The number of carbonyl (C=O) groups is 2. The summed E-state index contributed by atoms with van der Waals surface area (Å²) in [4.78, 5) is 21.5. The SMILES string of the molecule is COC(=O)CCCOc1cc(N)c(CCCC(CO)NC=O)cc1OC. The summed E-state index contributed by atoms with van der Waals surface area (Å²) in [5, 5.41) is 11.7. The summed E-state index contributed by atoms with van der Waals surface area (Å²) in [6, 6.07) is 3.28. The van der Waals surface area contributed by atoms with Gasteiger partial charge in [-0.3, -0.25) is 9.59 Å². The van der Waals surface area contributed by atoms with Gasteiger partial charge in [0.1, 0.15) is 0 Å². The van der Waals surface area contributed by atoms with Crippen molar-refractivity contribution < 1.29 is 28.9 Å². The monoisotopic (exact) mass is 368 g/mol. The van der Waals surface area contributed by atoms with Crippen LogP contribution < -0.4 is 20.5 Å². The number of methoxy groups -OCH3 is 2. The van der Waals surface area contributed by atoms with Gasteiger partial charge < -0.3 is 30.4 Å². The molecule has 0 bridgehead atoms. The molecule has 146 valence electrons. The summed E-state index contributed by atoms with van der Waals surface area (Å²) >= 11 is 0. The first-order chi connectivity index (χ1) is 12.5. The average Bonchev–Trinajstić information content (AvgIpc) is 2.65. The summed E-state index contributed by atoms with van der Waals surface area (Å²) < 4.78 is 15.6. The minimum absolute atomic E-state index is 0.101. The van der Waals surface area contributed by atoms with Crippen LogP contribution in [0, 0.1) is 0 Å². The largest absolute Gasteiger partial charge is 0.493 e. The number of benzene rings is 1. The number of nitrogen functional groups attached to an aromatic ring is 1. The Labute approximate surface area is 153 Å². The molecule has 8 nitrogen and oxygen atoms in total. The molecular formula is C18H28N2O6. The van der Waals surface area contributed by atoms with Gasteiger partial charge in [0, 0.05) is 18.2 Å². The second kappa shape index (κ2) is 12.0. The zero-order valence-corrected chi connectivity index (χ0v) is 15.3. The van der Waals surface area contributed by atoms with E-state index in [0.29, 0.717) is 49.5 Å². The maximum absolute atomic E-state index is 11.1. The van der Waals surface area contributed by atoms with Gasteiger partial charge in [-0.15, -0.1) is 0 Å². The van der Waals surface area contributed by atoms with E-state index in [2.05, 4.69) is 10.1 Å². The molecule has 0 saturated carbocycles. The Balaban J connectivity index is 2.61. The zero-order chi connectivity index (χ0) is 19.4. The van der Waals surface area contributed by atoms with Gasteiger partial charge in [-0.05, 0) is 37.3 Å². The number of ether oxygens (including phenoxy) is 3. The van der Waals surface area contributed by atoms with E-state index >= 15 is 0 Å². The van der Waals surface area contributed by atoms with E-state index in [0.717, 1.165) is 12.0 Å². The fourth-order valence-corrected chi connectivity index (χ4v) is 2.47. The lowest BCUT2D eigenvalue weighted by Gasteiger charge is -2.16. The Morgan fingerprint density at radius 3 is 2.69 bits per heavy atom. The number of aliphatic hydroxyl groups is 1. The first-order valence-corrected chi connectivity index (χ1v) is 8.52. The van der Waals surface area contributed by atoms with Gasteiger partial charge in [0.05, 0.1) is 33.5 Å². The zero-order valence-electron chi connectivity index (χ0n) is 15.3. The number of carbonyl (C=O) groups excluding carboxylic acids is 2. The molecule has 4 N–H and O–H groups in total. The van der Waals surface area contributed by atoms with Crippen molar-refractivity contribution in [3.05, 3.63) is 17.7 Å². The van der Waals surface area contributed by atoms with Crippen molar-refractivity contribution in [2.75, 3.05) is 33.2 Å². The first-order valence-electron chi connectivity index (χ1n) is 8.52. The van der Waals surface area contributed by atoms with Gasteiger partial charge in [-0.2, -0.15) is 0 Å². The van der Waals surface area contributed by atoms with Crippen LogP contribution in [0.4, 0.5) is 5.69 Å². The highest BCUT2D eigenvalue weighted by Gasteiger charge is 2.12. The minimum Gasteiger partial charge on any atom is -0.493 e. The number of aliphatic hydroxyl groups excluding tert-OH is 1. The summed E-state index contributed by atoms with van der Waals surface area (Å²) in [6.45, 7) is 0.246. The van der Waals surface area contributed by atoms with E-state index in [1.54, 1.807) is 13.2 Å². The first kappa shape index (κ1) is 21.6. The van der Waals surface area contributed by atoms with Crippen molar-refractivity contribution in [3.63, 3.8) is 0 Å². The van der Waals surface area contributed by atoms with E-state index in [1.165, 1.54) is 7.11 Å². The van der Waals surface area contributed by atoms with E-state index in [4.69, 9.17) is 20.3 Å². The number of nitrogens with two attached hydrogens (primary N) is 1. The van der Waals surface area contributed by atoms with Crippen LogP contribution in [0.25, 0.3) is 0 Å². The molecule has 0 heterocycles. The molecule has 0 radical (unpaired) electrons. The minimum atomic E-state index is -0.277. The summed E-state index contributed by atoms with van der Waals surface area (Å²) in [7, 11) is 2.90. The van der Waals surface area contributed by atoms with Crippen LogP contribution in [0.15, 0.2) is 12.1 Å². The van der Waals surface area contributed by atoms with Gasteiger partial charge in [-0.1, -0.05) is 0 Å². The topological polar surface area (TPSA) is 120 Å². The fourth-order valence-electron chi connectivity index (χ4n) is 2.47. The Hall–Kier alpha value is -2.48. The van der Waals surface area contributed by atoms with Crippen molar-refractivity contribution in [2.45, 2.75) is 38.1 Å². The van der Waals surface area contributed by atoms with Gasteiger partial charge >= 0.3 is 5.97 Å². The number of aryl methyl sites for hydroxylation is 1. The number of hydrogen-bond donors (Lipinski definition) is 3. The lowest BCUT2D eigenvalue weighted by atomic mass is 10.0. The van der Waals surface area contributed by atoms with Crippen LogP contribution >= 0.6 is 0 Å². The number of nitrogens with one attached hydrogen (secondary N) is 1. The van der Waals surface area contributed by atoms with Crippen molar-refractivity contribution >= 4 is 18.1 Å². The van der Waals surface area contributed by atoms with Gasteiger partial charge in [0.2, 0.25) is 6.41 Å². The third-order valence-electron chi connectivity index (χ3n) is 3.96. The summed E-state index contributed by atoms with van der Waals surface area (Å²) in [5.41, 5.74) is 7.59. The van der Waals surface area contributed by atoms with E-state index < -0.39 is 0 Å². The highest BCUT2D eigenvalue weighted by molar-refractivity contribution is 5.69. The van der Waals surface area contributed by atoms with Crippen molar-refractivity contribution in [3.8, 4) is 11.5 Å². The lowest BCUT2D eigenvalue weighted by molar-refractivity contribution is -0.140. The Kier molecular flexibility index (Phi) is 9.93. The van der Waals surface area contributed by atoms with Crippen LogP contribution in [-0.2, 0) is 20.7 Å². The second-order valence-corrected chi connectivity index (χ2v) is 5.79. The molecule has 1 unspecified atom stereocenters. The number of amides is 1. The predicted molar refractivity (Wildman–Crippen MR) is 97.2 cm³/mol. The third kappa shape index (κ3) is 7.18. The second-order valence-electron chi connectivity index (χ2n) is 5.79. The molecule has 1 aromatic rings. The fraction of sp³-hybridized carbons (Fsp3) is 0.556. The predicted octanol–water partition coefficient (Wildman–Crippen LogP) is 1.04. The van der Waals surface area contributed by atoms with Gasteiger partial charge in [0.25, 0.3) is 0 Å². The van der Waals surface area contributed by atoms with Crippen LogP contribution in [-0.4, -0.2) is 51.0 Å². The Morgan fingerprint density at radius 1 is 1.31 bits per heavy atom. The molecule has 8 heteroatoms. The standard InChI is InChI=1S/C18H28N2O6/c1-24-16-9-13(5-3-6-14(11-21)20-12-22)15(19)10-17(16)26-8-4-7-18(23)25-2/h9-10,12,14,21H,3-8,11,19H2,1-2H3,(H,20,22). The molecule has 0 spiro atoms. The molecule has 0 aliphatic carbocycles.